The predicted molar refractivity (Wildman–Crippen MR) is 86.9 cm³/mol. The molecule has 0 radical (unpaired) electrons. The summed E-state index contributed by atoms with van der Waals surface area (Å²) in [6, 6.07) is 7.66. The molecule has 0 amide bonds. The van der Waals surface area contributed by atoms with Gasteiger partial charge in [-0.2, -0.15) is 5.10 Å². The van der Waals surface area contributed by atoms with E-state index in [1.807, 2.05) is 41.3 Å². The summed E-state index contributed by atoms with van der Waals surface area (Å²) in [6.45, 7) is 2.43. The van der Waals surface area contributed by atoms with Crippen molar-refractivity contribution in [3.8, 4) is 22.1 Å². The first-order chi connectivity index (χ1) is 11.3. The highest BCUT2D eigenvalue weighted by Gasteiger charge is 2.13. The topological polar surface area (TPSA) is 69.6 Å². The molecule has 0 unspecified atom stereocenters. The van der Waals surface area contributed by atoms with Gasteiger partial charge in [0.1, 0.15) is 22.8 Å². The third-order valence-electron chi connectivity index (χ3n) is 3.30. The van der Waals surface area contributed by atoms with Gasteiger partial charge < -0.3 is 4.42 Å². The highest BCUT2D eigenvalue weighted by atomic mass is 32.1. The lowest BCUT2D eigenvalue weighted by molar-refractivity contribution is 0.568. The number of thiazole rings is 1. The van der Waals surface area contributed by atoms with Crippen molar-refractivity contribution in [3.63, 3.8) is 0 Å². The molecule has 4 rings (SSSR count). The van der Waals surface area contributed by atoms with Crippen molar-refractivity contribution in [1.29, 1.82) is 0 Å². The van der Waals surface area contributed by atoms with Gasteiger partial charge in [0.15, 0.2) is 5.82 Å². The van der Waals surface area contributed by atoms with Crippen molar-refractivity contribution in [2.45, 2.75) is 13.5 Å². The second kappa shape index (κ2) is 5.77. The molecule has 0 N–H and O–H groups in total. The standard InChI is InChI=1S/C16H13N5OS/c1-11-18-15(14-4-2-3-6-17-14)21(20-11)8-13-10-23-16(19-13)12-5-7-22-9-12/h2-7,9-10H,8H2,1H3. The number of rotatable bonds is 4. The van der Waals surface area contributed by atoms with Crippen molar-refractivity contribution in [2.24, 2.45) is 0 Å². The van der Waals surface area contributed by atoms with Gasteiger partial charge in [-0.3, -0.25) is 4.98 Å². The van der Waals surface area contributed by atoms with E-state index in [0.29, 0.717) is 6.54 Å². The van der Waals surface area contributed by atoms with E-state index in [0.717, 1.165) is 33.6 Å². The van der Waals surface area contributed by atoms with Crippen LogP contribution < -0.4 is 0 Å². The molecule has 0 aliphatic rings. The maximum atomic E-state index is 5.11. The fraction of sp³-hybridized carbons (Fsp3) is 0.125. The normalized spacial score (nSPS) is 11.0. The van der Waals surface area contributed by atoms with Crippen molar-refractivity contribution < 1.29 is 4.42 Å². The number of hydrogen-bond donors (Lipinski definition) is 0. The zero-order chi connectivity index (χ0) is 15.6. The minimum atomic E-state index is 0.557. The van der Waals surface area contributed by atoms with E-state index in [4.69, 9.17) is 4.42 Å². The van der Waals surface area contributed by atoms with Crippen molar-refractivity contribution >= 4 is 11.3 Å². The molecule has 0 fully saturated rings. The lowest BCUT2D eigenvalue weighted by Gasteiger charge is -2.03. The Balaban J connectivity index is 1.65. The van der Waals surface area contributed by atoms with Gasteiger partial charge in [-0.1, -0.05) is 6.07 Å². The van der Waals surface area contributed by atoms with Crippen LogP contribution in [0.5, 0.6) is 0 Å². The second-order valence-corrected chi connectivity index (χ2v) is 5.87. The van der Waals surface area contributed by atoms with E-state index < -0.39 is 0 Å². The van der Waals surface area contributed by atoms with Crippen LogP contribution in [0.3, 0.4) is 0 Å². The van der Waals surface area contributed by atoms with Gasteiger partial charge >= 0.3 is 0 Å². The van der Waals surface area contributed by atoms with E-state index in [-0.39, 0.29) is 0 Å². The molecule has 0 aliphatic carbocycles. The van der Waals surface area contributed by atoms with Crippen molar-refractivity contribution in [3.05, 3.63) is 59.9 Å². The maximum absolute atomic E-state index is 5.11. The Morgan fingerprint density at radius 2 is 2.17 bits per heavy atom. The highest BCUT2D eigenvalue weighted by Crippen LogP contribution is 2.25. The van der Waals surface area contributed by atoms with Crippen LogP contribution in [0.15, 0.2) is 52.8 Å². The maximum Gasteiger partial charge on any atom is 0.177 e. The molecule has 0 spiro atoms. The molecular formula is C16H13N5OS. The molecule has 4 heterocycles. The van der Waals surface area contributed by atoms with Gasteiger partial charge in [0.2, 0.25) is 0 Å². The number of nitrogens with zero attached hydrogens (tertiary/aromatic N) is 5. The first kappa shape index (κ1) is 13.8. The molecule has 4 aromatic heterocycles. The summed E-state index contributed by atoms with van der Waals surface area (Å²) < 4.78 is 6.95. The van der Waals surface area contributed by atoms with Crippen molar-refractivity contribution in [2.75, 3.05) is 0 Å². The summed E-state index contributed by atoms with van der Waals surface area (Å²) in [5.74, 6) is 1.47. The highest BCUT2D eigenvalue weighted by molar-refractivity contribution is 7.13. The van der Waals surface area contributed by atoms with E-state index in [1.54, 1.807) is 30.1 Å². The molecule has 0 saturated heterocycles. The van der Waals surface area contributed by atoms with Gasteiger partial charge in [0, 0.05) is 17.1 Å². The Bertz CT molecular complexity index is 911. The van der Waals surface area contributed by atoms with Crippen LogP contribution in [-0.4, -0.2) is 24.7 Å². The van der Waals surface area contributed by atoms with E-state index in [2.05, 4.69) is 20.1 Å². The Kier molecular flexibility index (Phi) is 3.47. The zero-order valence-electron chi connectivity index (χ0n) is 12.4. The van der Waals surface area contributed by atoms with Gasteiger partial charge in [-0.05, 0) is 25.1 Å². The SMILES string of the molecule is Cc1nc(-c2ccccn2)n(Cc2csc(-c3ccoc3)n2)n1. The van der Waals surface area contributed by atoms with Crippen molar-refractivity contribution in [1.82, 2.24) is 24.7 Å². The third kappa shape index (κ3) is 2.78. The zero-order valence-corrected chi connectivity index (χ0v) is 13.2. The fourth-order valence-corrected chi connectivity index (χ4v) is 3.10. The lowest BCUT2D eigenvalue weighted by atomic mass is 10.3. The molecule has 6 nitrogen and oxygen atoms in total. The third-order valence-corrected chi connectivity index (χ3v) is 4.24. The van der Waals surface area contributed by atoms with Gasteiger partial charge in [-0.15, -0.1) is 11.3 Å². The number of aryl methyl sites for hydroxylation is 1. The van der Waals surface area contributed by atoms with E-state index >= 15 is 0 Å². The predicted octanol–water partition coefficient (Wildman–Crippen LogP) is 3.41. The Morgan fingerprint density at radius 1 is 1.22 bits per heavy atom. The minimum absolute atomic E-state index is 0.557. The number of hydrogen-bond acceptors (Lipinski definition) is 6. The first-order valence-corrected chi connectivity index (χ1v) is 7.97. The molecule has 0 atom stereocenters. The number of aromatic nitrogens is 5. The summed E-state index contributed by atoms with van der Waals surface area (Å²) in [5.41, 5.74) is 2.73. The van der Waals surface area contributed by atoms with Crippen LogP contribution in [-0.2, 0) is 6.54 Å². The quantitative estimate of drug-likeness (QED) is 0.575. The molecular weight excluding hydrogens is 310 g/mol. The van der Waals surface area contributed by atoms with Crippen LogP contribution in [0.4, 0.5) is 0 Å². The summed E-state index contributed by atoms with van der Waals surface area (Å²) >= 11 is 1.59. The van der Waals surface area contributed by atoms with Crippen LogP contribution in [0.2, 0.25) is 0 Å². The largest absolute Gasteiger partial charge is 0.472 e. The Hall–Kier alpha value is -2.80. The van der Waals surface area contributed by atoms with Crippen LogP contribution in [0, 0.1) is 6.92 Å². The Morgan fingerprint density at radius 3 is 2.96 bits per heavy atom. The van der Waals surface area contributed by atoms with E-state index in [9.17, 15) is 0 Å². The fourth-order valence-electron chi connectivity index (χ4n) is 2.30. The summed E-state index contributed by atoms with van der Waals surface area (Å²) in [4.78, 5) is 13.5. The lowest BCUT2D eigenvalue weighted by Crippen LogP contribution is -2.05. The van der Waals surface area contributed by atoms with Crippen LogP contribution in [0.1, 0.15) is 11.5 Å². The molecule has 0 aromatic carbocycles. The van der Waals surface area contributed by atoms with Gasteiger partial charge in [0.25, 0.3) is 0 Å². The molecule has 7 heteroatoms. The average Bonchev–Trinajstić information content (AvgIpc) is 3.29. The average molecular weight is 323 g/mol. The second-order valence-electron chi connectivity index (χ2n) is 5.01. The molecule has 114 valence electrons. The minimum Gasteiger partial charge on any atom is -0.472 e. The van der Waals surface area contributed by atoms with Gasteiger partial charge in [0.05, 0.1) is 18.5 Å². The summed E-state index contributed by atoms with van der Waals surface area (Å²) in [5, 5.41) is 7.43. The van der Waals surface area contributed by atoms with E-state index in [1.165, 1.54) is 0 Å². The smallest absolute Gasteiger partial charge is 0.177 e. The molecule has 0 aliphatic heterocycles. The van der Waals surface area contributed by atoms with Crippen LogP contribution in [0.25, 0.3) is 22.1 Å². The molecule has 0 saturated carbocycles. The molecule has 4 aromatic rings. The summed E-state index contributed by atoms with van der Waals surface area (Å²) in [6.07, 6.45) is 5.10. The number of pyridine rings is 1. The monoisotopic (exact) mass is 323 g/mol. The first-order valence-electron chi connectivity index (χ1n) is 7.09. The summed E-state index contributed by atoms with van der Waals surface area (Å²) in [7, 11) is 0. The molecule has 0 bridgehead atoms. The molecule has 23 heavy (non-hydrogen) atoms. The number of furan rings is 1. The Labute approximate surface area is 136 Å². The van der Waals surface area contributed by atoms with Gasteiger partial charge in [-0.25, -0.2) is 14.6 Å². The van der Waals surface area contributed by atoms with Crippen LogP contribution >= 0.6 is 11.3 Å².